The van der Waals surface area contributed by atoms with Crippen molar-refractivity contribution in [1.29, 1.82) is 0 Å². The van der Waals surface area contributed by atoms with Crippen LogP contribution in [0.25, 0.3) is 0 Å². The van der Waals surface area contributed by atoms with Crippen LogP contribution in [0.3, 0.4) is 0 Å². The van der Waals surface area contributed by atoms with Crippen LogP contribution in [0.5, 0.6) is 11.5 Å². The topological polar surface area (TPSA) is 94.2 Å². The van der Waals surface area contributed by atoms with Gasteiger partial charge in [0.05, 0.1) is 20.8 Å². The summed E-state index contributed by atoms with van der Waals surface area (Å²) in [6, 6.07) is 4.62. The van der Waals surface area contributed by atoms with Gasteiger partial charge in [-0.3, -0.25) is 4.79 Å². The standard InChI is InChI=1S/C17H26N2O6S/c1-23-11-8-18-17(20)13-6-9-19(10-7-13)26(21,22)16-5-4-14(24-2)12-15(16)25-3/h4-5,12-13H,6-11H2,1-3H3,(H,18,20). The molecule has 0 aliphatic carbocycles. The Hall–Kier alpha value is -1.84. The fraction of sp³-hybridized carbons (Fsp3) is 0.588. The maximum Gasteiger partial charge on any atom is 0.246 e. The fourth-order valence-electron chi connectivity index (χ4n) is 2.91. The molecule has 0 radical (unpaired) electrons. The molecular formula is C17H26N2O6S. The molecule has 8 nitrogen and oxygen atoms in total. The van der Waals surface area contributed by atoms with Crippen LogP contribution in [-0.4, -0.2) is 66.2 Å². The first kappa shape index (κ1) is 20.5. The number of methoxy groups -OCH3 is 3. The van der Waals surface area contributed by atoms with E-state index >= 15 is 0 Å². The predicted molar refractivity (Wildman–Crippen MR) is 95.9 cm³/mol. The number of hydrogen-bond acceptors (Lipinski definition) is 6. The van der Waals surface area contributed by atoms with Crippen molar-refractivity contribution in [3.05, 3.63) is 18.2 Å². The molecule has 0 saturated carbocycles. The summed E-state index contributed by atoms with van der Waals surface area (Å²) in [7, 11) is 0.800. The van der Waals surface area contributed by atoms with E-state index in [1.54, 1.807) is 19.2 Å². The van der Waals surface area contributed by atoms with Gasteiger partial charge in [-0.1, -0.05) is 0 Å². The Morgan fingerprint density at radius 1 is 1.19 bits per heavy atom. The first-order valence-corrected chi connectivity index (χ1v) is 9.87. The quantitative estimate of drug-likeness (QED) is 0.666. The van der Waals surface area contributed by atoms with E-state index in [2.05, 4.69) is 5.32 Å². The number of hydrogen-bond donors (Lipinski definition) is 1. The Labute approximate surface area is 154 Å². The van der Waals surface area contributed by atoms with E-state index in [0.717, 1.165) is 0 Å². The first-order valence-electron chi connectivity index (χ1n) is 8.43. The normalized spacial score (nSPS) is 16.3. The van der Waals surface area contributed by atoms with Crippen LogP contribution < -0.4 is 14.8 Å². The van der Waals surface area contributed by atoms with Crippen LogP contribution in [-0.2, 0) is 19.6 Å². The van der Waals surface area contributed by atoms with E-state index in [1.165, 1.54) is 24.6 Å². The highest BCUT2D eigenvalue weighted by molar-refractivity contribution is 7.89. The molecule has 0 atom stereocenters. The minimum atomic E-state index is -3.70. The van der Waals surface area contributed by atoms with Gasteiger partial charge < -0.3 is 19.5 Å². The van der Waals surface area contributed by atoms with Crippen LogP contribution in [0.4, 0.5) is 0 Å². The lowest BCUT2D eigenvalue weighted by molar-refractivity contribution is -0.126. The average molecular weight is 386 g/mol. The van der Waals surface area contributed by atoms with Crippen LogP contribution in [0.2, 0.25) is 0 Å². The second-order valence-corrected chi connectivity index (χ2v) is 7.89. The number of benzene rings is 1. The molecule has 1 aliphatic rings. The van der Waals surface area contributed by atoms with E-state index in [9.17, 15) is 13.2 Å². The summed E-state index contributed by atoms with van der Waals surface area (Å²) in [6.07, 6.45) is 0.965. The molecule has 1 aliphatic heterocycles. The van der Waals surface area contributed by atoms with Crippen molar-refractivity contribution in [1.82, 2.24) is 9.62 Å². The van der Waals surface area contributed by atoms with Crippen molar-refractivity contribution >= 4 is 15.9 Å². The van der Waals surface area contributed by atoms with Gasteiger partial charge in [-0.05, 0) is 25.0 Å². The van der Waals surface area contributed by atoms with Gasteiger partial charge in [-0.2, -0.15) is 4.31 Å². The summed E-state index contributed by atoms with van der Waals surface area (Å²) < 4.78 is 42.5. The molecule has 0 aromatic heterocycles. The number of amides is 1. The number of nitrogens with one attached hydrogen (secondary N) is 1. The third-order valence-electron chi connectivity index (χ3n) is 4.42. The molecule has 26 heavy (non-hydrogen) atoms. The summed E-state index contributed by atoms with van der Waals surface area (Å²) >= 11 is 0. The summed E-state index contributed by atoms with van der Waals surface area (Å²) in [5.41, 5.74) is 0. The number of nitrogens with zero attached hydrogens (tertiary/aromatic N) is 1. The highest BCUT2D eigenvalue weighted by Gasteiger charge is 2.33. The lowest BCUT2D eigenvalue weighted by Crippen LogP contribution is -2.43. The molecular weight excluding hydrogens is 360 g/mol. The zero-order valence-electron chi connectivity index (χ0n) is 15.4. The van der Waals surface area contributed by atoms with Crippen molar-refractivity contribution in [2.75, 3.05) is 47.6 Å². The number of rotatable bonds is 8. The summed E-state index contributed by atoms with van der Waals surface area (Å²) in [4.78, 5) is 12.2. The van der Waals surface area contributed by atoms with E-state index in [1.807, 2.05) is 0 Å². The minimum absolute atomic E-state index is 0.0545. The monoisotopic (exact) mass is 386 g/mol. The van der Waals surface area contributed by atoms with Gasteiger partial charge in [0.15, 0.2) is 0 Å². The molecule has 0 bridgehead atoms. The van der Waals surface area contributed by atoms with Crippen LogP contribution >= 0.6 is 0 Å². The van der Waals surface area contributed by atoms with Crippen molar-refractivity contribution in [2.24, 2.45) is 5.92 Å². The molecule has 1 aromatic carbocycles. The number of sulfonamides is 1. The second-order valence-electron chi connectivity index (χ2n) is 5.98. The fourth-order valence-corrected chi connectivity index (χ4v) is 4.51. The van der Waals surface area contributed by atoms with E-state index in [-0.39, 0.29) is 22.5 Å². The zero-order chi connectivity index (χ0) is 19.2. The molecule has 1 aromatic rings. The maximum atomic E-state index is 12.9. The van der Waals surface area contributed by atoms with E-state index in [4.69, 9.17) is 14.2 Å². The third kappa shape index (κ3) is 4.66. The Morgan fingerprint density at radius 2 is 1.88 bits per heavy atom. The maximum absolute atomic E-state index is 12.9. The average Bonchev–Trinajstić information content (AvgIpc) is 2.67. The third-order valence-corrected chi connectivity index (χ3v) is 6.36. The second kappa shape index (κ2) is 9.20. The molecule has 1 amide bonds. The highest BCUT2D eigenvalue weighted by Crippen LogP contribution is 2.32. The molecule has 2 rings (SSSR count). The highest BCUT2D eigenvalue weighted by atomic mass is 32.2. The van der Waals surface area contributed by atoms with Gasteiger partial charge in [0, 0.05) is 38.7 Å². The molecule has 1 fully saturated rings. The van der Waals surface area contributed by atoms with Gasteiger partial charge in [0.2, 0.25) is 15.9 Å². The zero-order valence-corrected chi connectivity index (χ0v) is 16.2. The smallest absolute Gasteiger partial charge is 0.246 e. The van der Waals surface area contributed by atoms with Crippen molar-refractivity contribution in [2.45, 2.75) is 17.7 Å². The van der Waals surface area contributed by atoms with E-state index < -0.39 is 10.0 Å². The van der Waals surface area contributed by atoms with Gasteiger partial charge in [-0.25, -0.2) is 8.42 Å². The number of ether oxygens (including phenoxy) is 3. The number of carbonyl (C=O) groups is 1. The molecule has 1 saturated heterocycles. The first-order chi connectivity index (χ1) is 12.4. The number of carbonyl (C=O) groups excluding carboxylic acids is 1. The predicted octanol–water partition coefficient (Wildman–Crippen LogP) is 0.867. The molecule has 9 heteroatoms. The SMILES string of the molecule is COCCNC(=O)C1CCN(S(=O)(=O)c2ccc(OC)cc2OC)CC1. The van der Waals surface area contributed by atoms with Crippen LogP contribution in [0.1, 0.15) is 12.8 Å². The lowest BCUT2D eigenvalue weighted by Gasteiger charge is -2.31. The largest absolute Gasteiger partial charge is 0.497 e. The Bertz CT molecular complexity index is 714. The van der Waals surface area contributed by atoms with Crippen LogP contribution in [0.15, 0.2) is 23.1 Å². The molecule has 0 spiro atoms. The Kier molecular flexibility index (Phi) is 7.24. The lowest BCUT2D eigenvalue weighted by atomic mass is 9.97. The van der Waals surface area contributed by atoms with Gasteiger partial charge in [0.25, 0.3) is 0 Å². The number of piperidine rings is 1. The Morgan fingerprint density at radius 3 is 2.46 bits per heavy atom. The van der Waals surface area contributed by atoms with E-state index in [0.29, 0.717) is 44.8 Å². The summed E-state index contributed by atoms with van der Waals surface area (Å²) in [5, 5.41) is 2.80. The van der Waals surface area contributed by atoms with Gasteiger partial charge in [0.1, 0.15) is 16.4 Å². The van der Waals surface area contributed by atoms with Gasteiger partial charge >= 0.3 is 0 Å². The minimum Gasteiger partial charge on any atom is -0.497 e. The molecule has 146 valence electrons. The van der Waals surface area contributed by atoms with Crippen molar-refractivity contribution < 1.29 is 27.4 Å². The Balaban J connectivity index is 2.05. The molecule has 1 heterocycles. The van der Waals surface area contributed by atoms with Crippen molar-refractivity contribution in [3.63, 3.8) is 0 Å². The van der Waals surface area contributed by atoms with Crippen LogP contribution in [0, 0.1) is 5.92 Å². The summed E-state index contributed by atoms with van der Waals surface area (Å²) in [5.74, 6) is 0.521. The van der Waals surface area contributed by atoms with Gasteiger partial charge in [-0.15, -0.1) is 0 Å². The summed E-state index contributed by atoms with van der Waals surface area (Å²) in [6.45, 7) is 1.49. The molecule has 0 unspecified atom stereocenters. The van der Waals surface area contributed by atoms with Crippen molar-refractivity contribution in [3.8, 4) is 11.5 Å². The molecule has 1 N–H and O–H groups in total.